The fraction of sp³-hybridized carbons (Fsp3) is 0.471. The fourth-order valence-electron chi connectivity index (χ4n) is 2.54. The van der Waals surface area contributed by atoms with Gasteiger partial charge in [-0.2, -0.15) is 0 Å². The molecule has 0 aliphatic carbocycles. The summed E-state index contributed by atoms with van der Waals surface area (Å²) in [6.07, 6.45) is -2.60. The maximum Gasteiger partial charge on any atom is 0.410 e. The van der Waals surface area contributed by atoms with Crippen LogP contribution in [0.4, 0.5) is 4.79 Å². The van der Waals surface area contributed by atoms with E-state index in [9.17, 15) is 19.5 Å². The zero-order valence-electron chi connectivity index (χ0n) is 14.0. The highest BCUT2D eigenvalue weighted by Crippen LogP contribution is 2.12. The fourth-order valence-corrected chi connectivity index (χ4v) is 2.54. The number of benzene rings is 1. The number of carbonyl (C=O) groups is 3. The number of hydrogen-bond donors (Lipinski definition) is 2. The van der Waals surface area contributed by atoms with Gasteiger partial charge in [-0.15, -0.1) is 0 Å². The minimum Gasteiger partial charge on any atom is -0.469 e. The Labute approximate surface area is 145 Å². The molecule has 1 saturated heterocycles. The topological polar surface area (TPSA) is 105 Å². The van der Waals surface area contributed by atoms with Crippen molar-refractivity contribution in [2.75, 3.05) is 26.7 Å². The van der Waals surface area contributed by atoms with Crippen molar-refractivity contribution >= 4 is 17.8 Å². The normalized spacial score (nSPS) is 18.3. The first kappa shape index (κ1) is 18.9. The van der Waals surface area contributed by atoms with Crippen LogP contribution in [0, 0.1) is 0 Å². The van der Waals surface area contributed by atoms with Crippen molar-refractivity contribution in [2.45, 2.75) is 25.2 Å². The lowest BCUT2D eigenvalue weighted by Crippen LogP contribution is -2.59. The number of amides is 1. The van der Waals surface area contributed by atoms with E-state index in [4.69, 9.17) is 4.74 Å². The van der Waals surface area contributed by atoms with Gasteiger partial charge in [0.05, 0.1) is 13.5 Å². The highest BCUT2D eigenvalue weighted by molar-refractivity contribution is 5.93. The number of hydrogen-bond acceptors (Lipinski definition) is 7. The predicted molar refractivity (Wildman–Crippen MR) is 87.6 cm³/mol. The SMILES string of the molecule is COC(=O)CC(O)C(=O)C1CNCCN1C(=O)OCc1ccccc1. The van der Waals surface area contributed by atoms with Gasteiger partial charge in [-0.05, 0) is 5.56 Å². The predicted octanol–water partition coefficient (Wildman–Crippen LogP) is 0.0901. The molecular formula is C17H22N2O6. The molecule has 2 atom stereocenters. The minimum absolute atomic E-state index is 0.0925. The van der Waals surface area contributed by atoms with Crippen molar-refractivity contribution in [1.82, 2.24) is 10.2 Å². The summed E-state index contributed by atoms with van der Waals surface area (Å²) < 4.78 is 9.71. The van der Waals surface area contributed by atoms with Gasteiger partial charge >= 0.3 is 12.1 Å². The van der Waals surface area contributed by atoms with Crippen LogP contribution >= 0.6 is 0 Å². The van der Waals surface area contributed by atoms with Gasteiger partial charge in [0.2, 0.25) is 0 Å². The van der Waals surface area contributed by atoms with E-state index in [0.29, 0.717) is 6.54 Å². The molecule has 1 amide bonds. The summed E-state index contributed by atoms with van der Waals surface area (Å²) in [5, 5.41) is 12.9. The summed E-state index contributed by atoms with van der Waals surface area (Å²) in [7, 11) is 1.18. The lowest BCUT2D eigenvalue weighted by atomic mass is 10.0. The Hall–Kier alpha value is -2.45. The van der Waals surface area contributed by atoms with Crippen LogP contribution in [0.2, 0.25) is 0 Å². The number of rotatable bonds is 6. The number of ether oxygens (including phenoxy) is 2. The molecule has 2 unspecified atom stereocenters. The van der Waals surface area contributed by atoms with E-state index in [1.807, 2.05) is 30.3 Å². The van der Waals surface area contributed by atoms with Crippen LogP contribution in [0.25, 0.3) is 0 Å². The maximum atomic E-state index is 12.4. The van der Waals surface area contributed by atoms with Crippen molar-refractivity contribution in [2.24, 2.45) is 0 Å². The Morgan fingerprint density at radius 3 is 2.72 bits per heavy atom. The smallest absolute Gasteiger partial charge is 0.410 e. The molecule has 1 aromatic carbocycles. The van der Waals surface area contributed by atoms with Gasteiger partial charge in [0.1, 0.15) is 18.8 Å². The van der Waals surface area contributed by atoms with Gasteiger partial charge in [-0.25, -0.2) is 4.79 Å². The van der Waals surface area contributed by atoms with Crippen LogP contribution in [0.5, 0.6) is 0 Å². The van der Waals surface area contributed by atoms with Crippen molar-refractivity contribution in [1.29, 1.82) is 0 Å². The summed E-state index contributed by atoms with van der Waals surface area (Å²) in [6.45, 7) is 1.07. The molecular weight excluding hydrogens is 328 g/mol. The molecule has 8 nitrogen and oxygen atoms in total. The number of esters is 1. The molecule has 2 N–H and O–H groups in total. The summed E-state index contributed by atoms with van der Waals surface area (Å²) in [4.78, 5) is 37.2. The first-order chi connectivity index (χ1) is 12.0. The molecule has 136 valence electrons. The number of nitrogens with zero attached hydrogens (tertiary/aromatic N) is 1. The number of carbonyl (C=O) groups excluding carboxylic acids is 3. The monoisotopic (exact) mass is 350 g/mol. The van der Waals surface area contributed by atoms with E-state index < -0.39 is 36.4 Å². The number of piperazine rings is 1. The van der Waals surface area contributed by atoms with Crippen LogP contribution in [-0.2, 0) is 25.7 Å². The molecule has 0 bridgehead atoms. The quantitative estimate of drug-likeness (QED) is 0.701. The standard InChI is InChI=1S/C17H22N2O6/c1-24-15(21)9-14(20)16(22)13-10-18-7-8-19(13)17(23)25-11-12-5-3-2-4-6-12/h2-6,13-14,18,20H,7-11H2,1H3. The Balaban J connectivity index is 1.97. The summed E-state index contributed by atoms with van der Waals surface area (Å²) in [6, 6.07) is 8.30. The van der Waals surface area contributed by atoms with Crippen molar-refractivity contribution in [3.63, 3.8) is 0 Å². The van der Waals surface area contributed by atoms with Crippen LogP contribution < -0.4 is 5.32 Å². The van der Waals surface area contributed by atoms with E-state index in [2.05, 4.69) is 10.1 Å². The molecule has 0 radical (unpaired) electrons. The Morgan fingerprint density at radius 1 is 1.32 bits per heavy atom. The molecule has 2 rings (SSSR count). The van der Waals surface area contributed by atoms with Gasteiger partial charge < -0.3 is 19.9 Å². The number of aliphatic hydroxyl groups excluding tert-OH is 1. The second-order valence-electron chi connectivity index (χ2n) is 5.65. The highest BCUT2D eigenvalue weighted by atomic mass is 16.6. The van der Waals surface area contributed by atoms with E-state index in [0.717, 1.165) is 5.56 Å². The molecule has 25 heavy (non-hydrogen) atoms. The van der Waals surface area contributed by atoms with Crippen molar-refractivity contribution in [3.05, 3.63) is 35.9 Å². The third-order valence-electron chi connectivity index (χ3n) is 3.93. The maximum absolute atomic E-state index is 12.4. The molecule has 0 spiro atoms. The zero-order chi connectivity index (χ0) is 18.2. The molecule has 1 aromatic rings. The van der Waals surface area contributed by atoms with Gasteiger partial charge in [-0.1, -0.05) is 30.3 Å². The third kappa shape index (κ3) is 5.27. The van der Waals surface area contributed by atoms with E-state index >= 15 is 0 Å². The van der Waals surface area contributed by atoms with Gasteiger partial charge in [0.25, 0.3) is 0 Å². The zero-order valence-corrected chi connectivity index (χ0v) is 14.0. The molecule has 1 aliphatic heterocycles. The number of Topliss-reactive ketones (excluding diaryl/α,β-unsaturated/α-hetero) is 1. The molecule has 0 saturated carbocycles. The van der Waals surface area contributed by atoms with Gasteiger partial charge in [-0.3, -0.25) is 14.5 Å². The minimum atomic E-state index is -1.53. The van der Waals surface area contributed by atoms with Crippen LogP contribution in [0.3, 0.4) is 0 Å². The number of nitrogens with one attached hydrogen (secondary N) is 1. The van der Waals surface area contributed by atoms with Crippen molar-refractivity contribution < 1.29 is 29.0 Å². The number of aliphatic hydroxyl groups is 1. The van der Waals surface area contributed by atoms with Crippen LogP contribution in [0.1, 0.15) is 12.0 Å². The second kappa shape index (κ2) is 9.14. The number of ketones is 1. The van der Waals surface area contributed by atoms with Crippen LogP contribution in [-0.4, -0.2) is 66.7 Å². The van der Waals surface area contributed by atoms with Gasteiger partial charge in [0.15, 0.2) is 5.78 Å². The Morgan fingerprint density at radius 2 is 2.04 bits per heavy atom. The average molecular weight is 350 g/mol. The molecule has 1 heterocycles. The lowest BCUT2D eigenvalue weighted by molar-refractivity contribution is -0.147. The second-order valence-corrected chi connectivity index (χ2v) is 5.65. The van der Waals surface area contributed by atoms with E-state index in [-0.39, 0.29) is 19.7 Å². The van der Waals surface area contributed by atoms with E-state index in [1.54, 1.807) is 0 Å². The van der Waals surface area contributed by atoms with E-state index in [1.165, 1.54) is 12.0 Å². The summed E-state index contributed by atoms with van der Waals surface area (Å²) in [5.41, 5.74) is 0.833. The molecule has 0 aromatic heterocycles. The Kier molecular flexibility index (Phi) is 6.91. The largest absolute Gasteiger partial charge is 0.469 e. The third-order valence-corrected chi connectivity index (χ3v) is 3.93. The lowest BCUT2D eigenvalue weighted by Gasteiger charge is -2.35. The summed E-state index contributed by atoms with van der Waals surface area (Å²) in [5.74, 6) is -1.31. The molecule has 8 heteroatoms. The first-order valence-electron chi connectivity index (χ1n) is 7.99. The molecule has 1 fully saturated rings. The number of methoxy groups -OCH3 is 1. The average Bonchev–Trinajstić information content (AvgIpc) is 2.66. The Bertz CT molecular complexity index is 606. The van der Waals surface area contributed by atoms with Crippen molar-refractivity contribution in [3.8, 4) is 0 Å². The molecule has 1 aliphatic rings. The summed E-state index contributed by atoms with van der Waals surface area (Å²) >= 11 is 0. The van der Waals surface area contributed by atoms with Crippen LogP contribution in [0.15, 0.2) is 30.3 Å². The first-order valence-corrected chi connectivity index (χ1v) is 7.99. The van der Waals surface area contributed by atoms with Gasteiger partial charge in [0, 0.05) is 19.6 Å². The highest BCUT2D eigenvalue weighted by Gasteiger charge is 2.36.